The van der Waals surface area contributed by atoms with Crippen molar-refractivity contribution in [3.05, 3.63) is 83.7 Å². The van der Waals surface area contributed by atoms with E-state index in [0.29, 0.717) is 25.0 Å². The minimum absolute atomic E-state index is 0.168. The zero-order valence-corrected chi connectivity index (χ0v) is 18.5. The number of benzene rings is 2. The number of hydrogen-bond donors (Lipinski definition) is 1. The van der Waals surface area contributed by atoms with Crippen LogP contribution in [0.5, 0.6) is 5.75 Å². The van der Waals surface area contributed by atoms with Gasteiger partial charge in [-0.25, -0.2) is 14.4 Å². The molecule has 0 radical (unpaired) electrons. The molecule has 1 aliphatic rings. The van der Waals surface area contributed by atoms with Gasteiger partial charge in [-0.1, -0.05) is 18.2 Å². The Morgan fingerprint density at radius 3 is 2.73 bits per heavy atom. The van der Waals surface area contributed by atoms with Gasteiger partial charge in [0.05, 0.1) is 30.9 Å². The summed E-state index contributed by atoms with van der Waals surface area (Å²) in [5, 5.41) is 1.36. The van der Waals surface area contributed by atoms with Crippen molar-refractivity contribution >= 4 is 17.9 Å². The number of imidazole rings is 1. The summed E-state index contributed by atoms with van der Waals surface area (Å²) in [5.74, 6) is -0.300. The molecule has 1 fully saturated rings. The first-order valence-electron chi connectivity index (χ1n) is 10.7. The molecule has 0 saturated carbocycles. The van der Waals surface area contributed by atoms with Crippen LogP contribution in [0.25, 0.3) is 11.8 Å². The van der Waals surface area contributed by atoms with Crippen LogP contribution in [-0.4, -0.2) is 33.5 Å². The molecule has 0 aliphatic carbocycles. The highest BCUT2D eigenvalue weighted by atomic mass is 19.1. The van der Waals surface area contributed by atoms with Gasteiger partial charge in [0, 0.05) is 18.7 Å². The molecule has 33 heavy (non-hydrogen) atoms. The Morgan fingerprint density at radius 2 is 2.03 bits per heavy atom. The molecule has 1 aliphatic heterocycles. The number of aryl methyl sites for hydroxylation is 1. The Kier molecular flexibility index (Phi) is 6.53. The Bertz CT molecular complexity index is 1190. The smallest absolute Gasteiger partial charge is 0.262 e. The van der Waals surface area contributed by atoms with Crippen LogP contribution >= 0.6 is 0 Å². The first-order chi connectivity index (χ1) is 15.9. The maximum absolute atomic E-state index is 13.3. The van der Waals surface area contributed by atoms with Crippen LogP contribution in [-0.2, 0) is 9.59 Å². The van der Waals surface area contributed by atoms with Crippen molar-refractivity contribution in [2.24, 2.45) is 0 Å². The normalized spacial score (nSPS) is 16.3. The summed E-state index contributed by atoms with van der Waals surface area (Å²) in [6.07, 6.45) is 8.40. The zero-order valence-electron chi connectivity index (χ0n) is 18.5. The highest BCUT2D eigenvalue weighted by molar-refractivity contribution is 5.93. The van der Waals surface area contributed by atoms with Gasteiger partial charge in [0.15, 0.2) is 0 Å². The van der Waals surface area contributed by atoms with Gasteiger partial charge in [0.1, 0.15) is 11.6 Å². The molecule has 1 aromatic heterocycles. The number of amides is 2. The summed E-state index contributed by atoms with van der Waals surface area (Å²) in [6, 6.07) is 11.2. The average molecular weight is 448 g/mol. The second-order valence-electron chi connectivity index (χ2n) is 7.89. The summed E-state index contributed by atoms with van der Waals surface area (Å²) in [5.41, 5.74) is 5.97. The van der Waals surface area contributed by atoms with Gasteiger partial charge in [0.25, 0.3) is 5.91 Å². The minimum atomic E-state index is -0.425. The Morgan fingerprint density at radius 1 is 1.24 bits per heavy atom. The SMILES string of the molecule is COc1cc(C=CC(=O)NN2C(=O)CCCC2c2ccc(F)cc2)ccc1-n1cnc(C)c1. The monoisotopic (exact) mass is 448 g/mol. The number of carbonyl (C=O) groups is 2. The van der Waals surface area contributed by atoms with Crippen molar-refractivity contribution < 1.29 is 18.7 Å². The molecule has 0 bridgehead atoms. The van der Waals surface area contributed by atoms with Crippen molar-refractivity contribution in [1.82, 2.24) is 20.0 Å². The van der Waals surface area contributed by atoms with E-state index < -0.39 is 5.91 Å². The van der Waals surface area contributed by atoms with E-state index in [-0.39, 0.29) is 17.8 Å². The summed E-state index contributed by atoms with van der Waals surface area (Å²) in [6.45, 7) is 1.91. The van der Waals surface area contributed by atoms with Crippen molar-refractivity contribution in [2.75, 3.05) is 7.11 Å². The molecule has 2 aromatic carbocycles. The van der Waals surface area contributed by atoms with Crippen LogP contribution < -0.4 is 10.2 Å². The van der Waals surface area contributed by atoms with E-state index in [0.717, 1.165) is 22.5 Å². The number of aromatic nitrogens is 2. The summed E-state index contributed by atoms with van der Waals surface area (Å²) >= 11 is 0. The van der Waals surface area contributed by atoms with E-state index in [1.165, 1.54) is 23.2 Å². The molecule has 1 saturated heterocycles. The quantitative estimate of drug-likeness (QED) is 0.576. The number of piperidine rings is 1. The molecular weight excluding hydrogens is 423 g/mol. The Hall–Kier alpha value is -3.94. The molecule has 4 rings (SSSR count). The van der Waals surface area contributed by atoms with Crippen LogP contribution in [0.3, 0.4) is 0 Å². The Balaban J connectivity index is 1.48. The first kappa shape index (κ1) is 22.3. The predicted molar refractivity (Wildman–Crippen MR) is 122 cm³/mol. The average Bonchev–Trinajstić information content (AvgIpc) is 3.25. The number of nitrogens with one attached hydrogen (secondary N) is 1. The predicted octanol–water partition coefficient (Wildman–Crippen LogP) is 4.13. The van der Waals surface area contributed by atoms with Crippen molar-refractivity contribution in [2.45, 2.75) is 32.2 Å². The molecule has 1 N–H and O–H groups in total. The fraction of sp³-hybridized carbons (Fsp3) is 0.240. The van der Waals surface area contributed by atoms with Crippen LogP contribution in [0.1, 0.15) is 42.1 Å². The van der Waals surface area contributed by atoms with Crippen LogP contribution in [0, 0.1) is 12.7 Å². The van der Waals surface area contributed by atoms with Crippen LogP contribution in [0.2, 0.25) is 0 Å². The van der Waals surface area contributed by atoms with E-state index in [4.69, 9.17) is 4.74 Å². The molecule has 2 heterocycles. The lowest BCUT2D eigenvalue weighted by Crippen LogP contribution is -2.49. The summed E-state index contributed by atoms with van der Waals surface area (Å²) in [4.78, 5) is 29.3. The van der Waals surface area contributed by atoms with Gasteiger partial charge in [-0.15, -0.1) is 0 Å². The highest BCUT2D eigenvalue weighted by Crippen LogP contribution is 2.30. The van der Waals surface area contributed by atoms with E-state index in [1.807, 2.05) is 35.9 Å². The fourth-order valence-electron chi connectivity index (χ4n) is 3.90. The number of methoxy groups -OCH3 is 1. The maximum Gasteiger partial charge on any atom is 0.262 e. The van der Waals surface area contributed by atoms with Gasteiger partial charge in [-0.05, 0) is 61.2 Å². The van der Waals surface area contributed by atoms with Crippen molar-refractivity contribution in [3.8, 4) is 11.4 Å². The molecule has 1 unspecified atom stereocenters. The van der Waals surface area contributed by atoms with Crippen LogP contribution in [0.15, 0.2) is 61.1 Å². The summed E-state index contributed by atoms with van der Waals surface area (Å²) in [7, 11) is 1.58. The lowest BCUT2D eigenvalue weighted by Gasteiger charge is -2.35. The molecule has 0 spiro atoms. The number of nitrogens with zero attached hydrogens (tertiary/aromatic N) is 3. The van der Waals surface area contributed by atoms with E-state index >= 15 is 0 Å². The topological polar surface area (TPSA) is 76.5 Å². The van der Waals surface area contributed by atoms with E-state index in [2.05, 4.69) is 10.4 Å². The fourth-order valence-corrected chi connectivity index (χ4v) is 3.90. The molecule has 170 valence electrons. The Labute approximate surface area is 191 Å². The third-order valence-electron chi connectivity index (χ3n) is 5.55. The minimum Gasteiger partial charge on any atom is -0.495 e. The molecule has 3 aromatic rings. The van der Waals surface area contributed by atoms with E-state index in [9.17, 15) is 14.0 Å². The lowest BCUT2D eigenvalue weighted by atomic mass is 9.96. The van der Waals surface area contributed by atoms with Gasteiger partial charge >= 0.3 is 0 Å². The number of rotatable bonds is 6. The van der Waals surface area contributed by atoms with Crippen molar-refractivity contribution in [3.63, 3.8) is 0 Å². The largest absolute Gasteiger partial charge is 0.495 e. The lowest BCUT2D eigenvalue weighted by molar-refractivity contribution is -0.146. The molecular formula is C25H25FN4O3. The molecule has 1 atom stereocenters. The maximum atomic E-state index is 13.3. The van der Waals surface area contributed by atoms with Crippen molar-refractivity contribution in [1.29, 1.82) is 0 Å². The standard InChI is InChI=1S/C25H25FN4O3/c1-17-15-29(16-27-17)22-12-6-18(14-23(22)33-2)7-13-24(31)28-30-21(4-3-5-25(30)32)19-8-10-20(26)11-9-19/h6-16,21H,3-5H2,1-2H3,(H,28,31). The second kappa shape index (κ2) is 9.68. The third-order valence-corrected chi connectivity index (χ3v) is 5.55. The van der Waals surface area contributed by atoms with Gasteiger partial charge in [-0.3, -0.25) is 15.0 Å². The number of carbonyl (C=O) groups excluding carboxylic acids is 2. The number of ether oxygens (including phenoxy) is 1. The molecule has 2 amide bonds. The molecule has 8 heteroatoms. The van der Waals surface area contributed by atoms with Gasteiger partial charge in [0.2, 0.25) is 5.91 Å². The van der Waals surface area contributed by atoms with Gasteiger partial charge in [-0.2, -0.15) is 0 Å². The second-order valence-corrected chi connectivity index (χ2v) is 7.89. The number of hydrogen-bond acceptors (Lipinski definition) is 4. The number of halogens is 1. The summed E-state index contributed by atoms with van der Waals surface area (Å²) < 4.78 is 20.7. The van der Waals surface area contributed by atoms with Crippen LogP contribution in [0.4, 0.5) is 4.39 Å². The number of hydrazine groups is 1. The highest BCUT2D eigenvalue weighted by Gasteiger charge is 2.30. The van der Waals surface area contributed by atoms with Gasteiger partial charge < -0.3 is 9.30 Å². The van der Waals surface area contributed by atoms with E-state index in [1.54, 1.807) is 31.6 Å². The molecule has 7 nitrogen and oxygen atoms in total. The zero-order chi connectivity index (χ0) is 23.4. The first-order valence-corrected chi connectivity index (χ1v) is 10.7. The third kappa shape index (κ3) is 5.11.